The van der Waals surface area contributed by atoms with Crippen molar-refractivity contribution in [1.29, 1.82) is 0 Å². The Bertz CT molecular complexity index is 621. The lowest BCUT2D eigenvalue weighted by Crippen LogP contribution is -2.32. The van der Waals surface area contributed by atoms with Gasteiger partial charge in [0.1, 0.15) is 5.82 Å². The molecule has 2 aliphatic rings. The zero-order valence-corrected chi connectivity index (χ0v) is 12.6. The van der Waals surface area contributed by atoms with Gasteiger partial charge in [-0.05, 0) is 37.7 Å². The van der Waals surface area contributed by atoms with Gasteiger partial charge in [0.25, 0.3) is 0 Å². The maximum absolute atomic E-state index is 4.57. The first-order chi connectivity index (χ1) is 10.3. The van der Waals surface area contributed by atoms with E-state index in [9.17, 15) is 0 Å². The molecule has 1 aromatic carbocycles. The summed E-state index contributed by atoms with van der Waals surface area (Å²) in [6.07, 6.45) is 6.25. The van der Waals surface area contributed by atoms with Crippen LogP contribution in [0.25, 0.3) is 0 Å². The standard InChI is InChI=1S/C17H22N4/c1-20-15(17(10-11-17)14-8-4-2-5-9-14)18-19-16(20)21-12-6-3-7-13-21/h2,4-5,8-9H,3,6-7,10-13H2,1H3. The van der Waals surface area contributed by atoms with Crippen molar-refractivity contribution in [1.82, 2.24) is 14.8 Å². The average Bonchev–Trinajstić information content (AvgIpc) is 3.26. The van der Waals surface area contributed by atoms with E-state index >= 15 is 0 Å². The summed E-state index contributed by atoms with van der Waals surface area (Å²) in [7, 11) is 2.13. The van der Waals surface area contributed by atoms with Crippen LogP contribution in [-0.2, 0) is 12.5 Å². The molecule has 21 heavy (non-hydrogen) atoms. The normalized spacial score (nSPS) is 20.5. The van der Waals surface area contributed by atoms with Crippen LogP contribution in [-0.4, -0.2) is 27.9 Å². The highest BCUT2D eigenvalue weighted by Gasteiger charge is 2.50. The van der Waals surface area contributed by atoms with Gasteiger partial charge < -0.3 is 4.90 Å². The van der Waals surface area contributed by atoms with E-state index in [1.165, 1.54) is 37.7 Å². The molecule has 0 atom stereocenters. The van der Waals surface area contributed by atoms with E-state index in [4.69, 9.17) is 0 Å². The van der Waals surface area contributed by atoms with E-state index in [2.05, 4.69) is 57.0 Å². The Labute approximate surface area is 125 Å². The summed E-state index contributed by atoms with van der Waals surface area (Å²) in [6.45, 7) is 2.23. The lowest BCUT2D eigenvalue weighted by atomic mass is 9.95. The number of nitrogens with zero attached hydrogens (tertiary/aromatic N) is 4. The highest BCUT2D eigenvalue weighted by atomic mass is 15.4. The van der Waals surface area contributed by atoms with E-state index < -0.39 is 0 Å². The van der Waals surface area contributed by atoms with E-state index in [1.807, 2.05) is 0 Å². The van der Waals surface area contributed by atoms with Crippen molar-refractivity contribution in [3.05, 3.63) is 41.7 Å². The molecule has 2 heterocycles. The fraction of sp³-hybridized carbons (Fsp3) is 0.529. The van der Waals surface area contributed by atoms with Crippen LogP contribution in [0.15, 0.2) is 30.3 Å². The summed E-state index contributed by atoms with van der Waals surface area (Å²) in [4.78, 5) is 2.39. The smallest absolute Gasteiger partial charge is 0.226 e. The van der Waals surface area contributed by atoms with Crippen molar-refractivity contribution in [3.8, 4) is 0 Å². The molecular weight excluding hydrogens is 260 g/mol. The third kappa shape index (κ3) is 2.04. The van der Waals surface area contributed by atoms with Crippen LogP contribution in [0.4, 0.5) is 5.95 Å². The van der Waals surface area contributed by atoms with Crippen LogP contribution >= 0.6 is 0 Å². The Balaban J connectivity index is 1.69. The van der Waals surface area contributed by atoms with E-state index in [0.717, 1.165) is 24.9 Å². The largest absolute Gasteiger partial charge is 0.341 e. The lowest BCUT2D eigenvalue weighted by Gasteiger charge is -2.27. The summed E-state index contributed by atoms with van der Waals surface area (Å²) in [5.41, 5.74) is 1.49. The fourth-order valence-corrected chi connectivity index (χ4v) is 3.63. The minimum Gasteiger partial charge on any atom is -0.341 e. The number of aromatic nitrogens is 3. The predicted molar refractivity (Wildman–Crippen MR) is 83.5 cm³/mol. The van der Waals surface area contributed by atoms with Crippen molar-refractivity contribution in [2.75, 3.05) is 18.0 Å². The van der Waals surface area contributed by atoms with Crippen LogP contribution in [0, 0.1) is 0 Å². The van der Waals surface area contributed by atoms with Crippen LogP contribution in [0.3, 0.4) is 0 Å². The Morgan fingerprint density at radius 3 is 2.33 bits per heavy atom. The van der Waals surface area contributed by atoms with Gasteiger partial charge in [-0.15, -0.1) is 10.2 Å². The van der Waals surface area contributed by atoms with E-state index in [-0.39, 0.29) is 5.41 Å². The third-order valence-corrected chi connectivity index (χ3v) is 5.00. The van der Waals surface area contributed by atoms with Crippen LogP contribution in [0.5, 0.6) is 0 Å². The number of hydrogen-bond donors (Lipinski definition) is 0. The minimum atomic E-state index is 0.108. The molecular formula is C17H22N4. The summed E-state index contributed by atoms with van der Waals surface area (Å²) < 4.78 is 2.23. The van der Waals surface area contributed by atoms with Crippen molar-refractivity contribution in [3.63, 3.8) is 0 Å². The number of rotatable bonds is 3. The van der Waals surface area contributed by atoms with Crippen LogP contribution < -0.4 is 4.90 Å². The molecule has 4 rings (SSSR count). The highest BCUT2D eigenvalue weighted by molar-refractivity contribution is 5.42. The van der Waals surface area contributed by atoms with Gasteiger partial charge in [-0.25, -0.2) is 0 Å². The molecule has 2 fully saturated rings. The van der Waals surface area contributed by atoms with Crippen molar-refractivity contribution in [2.45, 2.75) is 37.5 Å². The molecule has 0 unspecified atom stereocenters. The van der Waals surface area contributed by atoms with Crippen molar-refractivity contribution < 1.29 is 0 Å². The van der Waals surface area contributed by atoms with Gasteiger partial charge >= 0.3 is 0 Å². The Morgan fingerprint density at radius 1 is 0.952 bits per heavy atom. The first kappa shape index (κ1) is 12.9. The number of hydrogen-bond acceptors (Lipinski definition) is 3. The zero-order chi connectivity index (χ0) is 14.3. The summed E-state index contributed by atoms with van der Waals surface area (Å²) in [5, 5.41) is 9.08. The molecule has 0 bridgehead atoms. The van der Waals surface area contributed by atoms with Gasteiger partial charge in [0, 0.05) is 20.1 Å². The molecule has 1 saturated carbocycles. The van der Waals surface area contributed by atoms with Gasteiger partial charge in [0.2, 0.25) is 5.95 Å². The second kappa shape index (κ2) is 4.86. The van der Waals surface area contributed by atoms with Crippen molar-refractivity contribution >= 4 is 5.95 Å². The van der Waals surface area contributed by atoms with Gasteiger partial charge in [0.15, 0.2) is 0 Å². The first-order valence-electron chi connectivity index (χ1n) is 8.02. The minimum absolute atomic E-state index is 0.108. The van der Waals surface area contributed by atoms with Gasteiger partial charge in [-0.3, -0.25) is 4.57 Å². The molecule has 4 heteroatoms. The molecule has 0 radical (unpaired) electrons. The molecule has 4 nitrogen and oxygen atoms in total. The van der Waals surface area contributed by atoms with Crippen LogP contribution in [0.2, 0.25) is 0 Å². The Hall–Kier alpha value is -1.84. The maximum Gasteiger partial charge on any atom is 0.226 e. The molecule has 0 spiro atoms. The molecule has 1 aliphatic heterocycles. The second-order valence-electron chi connectivity index (χ2n) is 6.38. The second-order valence-corrected chi connectivity index (χ2v) is 6.38. The van der Waals surface area contributed by atoms with E-state index in [0.29, 0.717) is 0 Å². The Kier molecular flexibility index (Phi) is 2.98. The summed E-state index contributed by atoms with van der Waals surface area (Å²) >= 11 is 0. The molecule has 0 N–H and O–H groups in total. The number of piperidine rings is 1. The van der Waals surface area contributed by atoms with Gasteiger partial charge in [-0.1, -0.05) is 30.3 Å². The quantitative estimate of drug-likeness (QED) is 0.868. The first-order valence-corrected chi connectivity index (χ1v) is 8.02. The predicted octanol–water partition coefficient (Wildman–Crippen LogP) is 2.89. The zero-order valence-electron chi connectivity index (χ0n) is 12.6. The summed E-state index contributed by atoms with van der Waals surface area (Å²) in [5.74, 6) is 2.18. The number of benzene rings is 1. The number of anilines is 1. The topological polar surface area (TPSA) is 34.0 Å². The lowest BCUT2D eigenvalue weighted by molar-refractivity contribution is 0.559. The SMILES string of the molecule is Cn1c(N2CCCCC2)nnc1C1(c2ccccc2)CC1. The average molecular weight is 282 g/mol. The Morgan fingerprint density at radius 2 is 1.67 bits per heavy atom. The fourth-order valence-electron chi connectivity index (χ4n) is 3.63. The molecule has 0 amide bonds. The molecule has 110 valence electrons. The van der Waals surface area contributed by atoms with Crippen molar-refractivity contribution in [2.24, 2.45) is 7.05 Å². The highest BCUT2D eigenvalue weighted by Crippen LogP contribution is 2.52. The van der Waals surface area contributed by atoms with Gasteiger partial charge in [-0.2, -0.15) is 0 Å². The third-order valence-electron chi connectivity index (χ3n) is 5.00. The van der Waals surface area contributed by atoms with Gasteiger partial charge in [0.05, 0.1) is 5.41 Å². The maximum atomic E-state index is 4.57. The molecule has 1 saturated heterocycles. The van der Waals surface area contributed by atoms with E-state index in [1.54, 1.807) is 0 Å². The van der Waals surface area contributed by atoms with Crippen LogP contribution in [0.1, 0.15) is 43.5 Å². The molecule has 1 aromatic heterocycles. The monoisotopic (exact) mass is 282 g/mol. The molecule has 1 aliphatic carbocycles. The summed E-state index contributed by atoms with van der Waals surface area (Å²) in [6, 6.07) is 10.8. The molecule has 2 aromatic rings.